The van der Waals surface area contributed by atoms with Crippen molar-refractivity contribution in [2.75, 3.05) is 32.7 Å². The van der Waals surface area contributed by atoms with E-state index in [-0.39, 0.29) is 17.9 Å². The summed E-state index contributed by atoms with van der Waals surface area (Å²) < 4.78 is 0. The van der Waals surface area contributed by atoms with Gasteiger partial charge in [-0.15, -0.1) is 0 Å². The molecule has 0 aromatic carbocycles. The van der Waals surface area contributed by atoms with Gasteiger partial charge in [0.1, 0.15) is 11.3 Å². The molecule has 128 valence electrons. The predicted octanol–water partition coefficient (Wildman–Crippen LogP) is 0.845. The van der Waals surface area contributed by atoms with Gasteiger partial charge in [-0.3, -0.25) is 14.5 Å². The molecule has 1 aliphatic rings. The topological polar surface area (TPSA) is 81.3 Å². The van der Waals surface area contributed by atoms with Crippen LogP contribution in [0.5, 0.6) is 0 Å². The standard InChI is InChI=1S/C17H23N5O2/c1-12(2)19-15(23)11-21-7-9-22(10-8-21)17(24)14-4-3-13-5-6-18-16(13)20-14/h3-6,12H,7-11H2,1-2H3,(H,18,20)(H,19,23). The molecule has 0 saturated carbocycles. The third-order valence-corrected chi connectivity index (χ3v) is 4.10. The van der Waals surface area contributed by atoms with Gasteiger partial charge in [-0.2, -0.15) is 0 Å². The highest BCUT2D eigenvalue weighted by atomic mass is 16.2. The Kier molecular flexibility index (Phi) is 4.80. The van der Waals surface area contributed by atoms with Gasteiger partial charge in [-0.25, -0.2) is 4.98 Å². The number of carbonyl (C=O) groups excluding carboxylic acids is 2. The van der Waals surface area contributed by atoms with Crippen LogP contribution in [0.15, 0.2) is 24.4 Å². The number of nitrogens with zero attached hydrogens (tertiary/aromatic N) is 3. The van der Waals surface area contributed by atoms with Gasteiger partial charge in [0.15, 0.2) is 0 Å². The number of hydrogen-bond acceptors (Lipinski definition) is 4. The van der Waals surface area contributed by atoms with Gasteiger partial charge in [0.25, 0.3) is 5.91 Å². The van der Waals surface area contributed by atoms with Crippen LogP contribution >= 0.6 is 0 Å². The number of aromatic amines is 1. The number of carbonyl (C=O) groups is 2. The van der Waals surface area contributed by atoms with Crippen molar-refractivity contribution in [3.63, 3.8) is 0 Å². The van der Waals surface area contributed by atoms with Crippen LogP contribution in [-0.2, 0) is 4.79 Å². The molecule has 7 heteroatoms. The second-order valence-electron chi connectivity index (χ2n) is 6.40. The zero-order valence-corrected chi connectivity index (χ0v) is 14.1. The van der Waals surface area contributed by atoms with Crippen LogP contribution in [0.3, 0.4) is 0 Å². The molecule has 3 heterocycles. The molecule has 2 aromatic rings. The van der Waals surface area contributed by atoms with Gasteiger partial charge < -0.3 is 15.2 Å². The predicted molar refractivity (Wildman–Crippen MR) is 91.7 cm³/mol. The summed E-state index contributed by atoms with van der Waals surface area (Å²) in [6, 6.07) is 5.74. The van der Waals surface area contributed by atoms with Crippen LogP contribution in [0.4, 0.5) is 0 Å². The molecule has 1 saturated heterocycles. The average Bonchev–Trinajstić information content (AvgIpc) is 3.01. The van der Waals surface area contributed by atoms with E-state index in [1.54, 1.807) is 11.0 Å². The molecule has 1 aliphatic heterocycles. The summed E-state index contributed by atoms with van der Waals surface area (Å²) in [6.45, 7) is 6.89. The summed E-state index contributed by atoms with van der Waals surface area (Å²) in [4.78, 5) is 35.7. The van der Waals surface area contributed by atoms with E-state index in [0.717, 1.165) is 11.0 Å². The quantitative estimate of drug-likeness (QED) is 0.871. The first kappa shape index (κ1) is 16.4. The molecule has 0 radical (unpaired) electrons. The zero-order chi connectivity index (χ0) is 17.1. The highest BCUT2D eigenvalue weighted by Gasteiger charge is 2.24. The molecule has 0 bridgehead atoms. The van der Waals surface area contributed by atoms with Crippen molar-refractivity contribution >= 4 is 22.8 Å². The number of rotatable bonds is 4. The summed E-state index contributed by atoms with van der Waals surface area (Å²) in [7, 11) is 0. The lowest BCUT2D eigenvalue weighted by molar-refractivity contribution is -0.123. The number of amides is 2. The third-order valence-electron chi connectivity index (χ3n) is 4.10. The molecule has 2 amide bonds. The average molecular weight is 329 g/mol. The van der Waals surface area contributed by atoms with Crippen molar-refractivity contribution < 1.29 is 9.59 Å². The van der Waals surface area contributed by atoms with Gasteiger partial charge in [0.05, 0.1) is 6.54 Å². The van der Waals surface area contributed by atoms with Crippen LogP contribution in [0.25, 0.3) is 11.0 Å². The lowest BCUT2D eigenvalue weighted by Gasteiger charge is -2.34. The molecule has 24 heavy (non-hydrogen) atoms. The number of piperazine rings is 1. The fourth-order valence-electron chi connectivity index (χ4n) is 2.89. The molecule has 0 aliphatic carbocycles. The first-order valence-electron chi connectivity index (χ1n) is 8.28. The molecule has 1 fully saturated rings. The Morgan fingerprint density at radius 1 is 1.21 bits per heavy atom. The minimum Gasteiger partial charge on any atom is -0.353 e. The number of nitrogens with one attached hydrogen (secondary N) is 2. The second-order valence-corrected chi connectivity index (χ2v) is 6.40. The fraction of sp³-hybridized carbons (Fsp3) is 0.471. The molecular weight excluding hydrogens is 306 g/mol. The summed E-state index contributed by atoms with van der Waals surface area (Å²) >= 11 is 0. The van der Waals surface area contributed by atoms with Crippen molar-refractivity contribution in [2.24, 2.45) is 0 Å². The maximum absolute atomic E-state index is 12.6. The largest absolute Gasteiger partial charge is 0.353 e. The van der Waals surface area contributed by atoms with Crippen molar-refractivity contribution in [3.05, 3.63) is 30.1 Å². The Balaban J connectivity index is 1.56. The molecule has 3 rings (SSSR count). The monoisotopic (exact) mass is 329 g/mol. The Morgan fingerprint density at radius 2 is 1.96 bits per heavy atom. The van der Waals surface area contributed by atoms with E-state index in [9.17, 15) is 9.59 Å². The van der Waals surface area contributed by atoms with Gasteiger partial charge in [0.2, 0.25) is 5.91 Å². The van der Waals surface area contributed by atoms with Crippen LogP contribution in [0, 0.1) is 0 Å². The zero-order valence-electron chi connectivity index (χ0n) is 14.1. The highest BCUT2D eigenvalue weighted by molar-refractivity contribution is 5.94. The van der Waals surface area contributed by atoms with Crippen LogP contribution < -0.4 is 5.32 Å². The van der Waals surface area contributed by atoms with Gasteiger partial charge in [-0.1, -0.05) is 0 Å². The third kappa shape index (κ3) is 3.73. The first-order valence-corrected chi connectivity index (χ1v) is 8.28. The van der Waals surface area contributed by atoms with E-state index >= 15 is 0 Å². The smallest absolute Gasteiger partial charge is 0.272 e. The molecular formula is C17H23N5O2. The van der Waals surface area contributed by atoms with E-state index in [1.807, 2.05) is 32.2 Å². The molecule has 0 spiro atoms. The fourth-order valence-corrected chi connectivity index (χ4v) is 2.89. The van der Waals surface area contributed by atoms with E-state index in [0.29, 0.717) is 38.4 Å². The van der Waals surface area contributed by atoms with E-state index in [4.69, 9.17) is 0 Å². The minimum atomic E-state index is -0.0576. The Bertz CT molecular complexity index is 731. The number of aromatic nitrogens is 2. The van der Waals surface area contributed by atoms with Crippen LogP contribution in [-0.4, -0.2) is 70.3 Å². The van der Waals surface area contributed by atoms with Crippen LogP contribution in [0.1, 0.15) is 24.3 Å². The highest BCUT2D eigenvalue weighted by Crippen LogP contribution is 2.13. The van der Waals surface area contributed by atoms with Gasteiger partial charge >= 0.3 is 0 Å². The first-order chi connectivity index (χ1) is 11.5. The summed E-state index contributed by atoms with van der Waals surface area (Å²) in [5, 5.41) is 3.88. The molecule has 2 N–H and O–H groups in total. The second kappa shape index (κ2) is 7.00. The van der Waals surface area contributed by atoms with E-state index < -0.39 is 0 Å². The SMILES string of the molecule is CC(C)NC(=O)CN1CCN(C(=O)c2ccc3cc[nH]c3n2)CC1. The number of fused-ring (bicyclic) bond motifs is 1. The lowest BCUT2D eigenvalue weighted by Crippen LogP contribution is -2.51. The normalized spacial score (nSPS) is 15.9. The molecule has 0 unspecified atom stereocenters. The summed E-state index contributed by atoms with van der Waals surface area (Å²) in [5.41, 5.74) is 1.18. The minimum absolute atomic E-state index is 0.0311. The molecule has 2 aromatic heterocycles. The Morgan fingerprint density at radius 3 is 2.67 bits per heavy atom. The van der Waals surface area contributed by atoms with Gasteiger partial charge in [0, 0.05) is 43.8 Å². The summed E-state index contributed by atoms with van der Waals surface area (Å²) in [5.74, 6) is -0.0265. The number of H-pyrrole nitrogens is 1. The van der Waals surface area contributed by atoms with Crippen molar-refractivity contribution in [2.45, 2.75) is 19.9 Å². The maximum atomic E-state index is 12.6. The molecule has 7 nitrogen and oxygen atoms in total. The van der Waals surface area contributed by atoms with Crippen molar-refractivity contribution in [1.29, 1.82) is 0 Å². The van der Waals surface area contributed by atoms with Crippen molar-refractivity contribution in [3.8, 4) is 0 Å². The number of pyridine rings is 1. The molecule has 0 atom stereocenters. The maximum Gasteiger partial charge on any atom is 0.272 e. The number of hydrogen-bond donors (Lipinski definition) is 2. The Hall–Kier alpha value is -2.41. The Labute approximate surface area is 141 Å². The van der Waals surface area contributed by atoms with E-state index in [2.05, 4.69) is 20.2 Å². The summed E-state index contributed by atoms with van der Waals surface area (Å²) in [6.07, 6.45) is 1.81. The van der Waals surface area contributed by atoms with E-state index in [1.165, 1.54) is 0 Å². The van der Waals surface area contributed by atoms with Crippen LogP contribution in [0.2, 0.25) is 0 Å². The lowest BCUT2D eigenvalue weighted by atomic mass is 10.2. The van der Waals surface area contributed by atoms with Gasteiger partial charge in [-0.05, 0) is 32.0 Å². The van der Waals surface area contributed by atoms with Crippen molar-refractivity contribution in [1.82, 2.24) is 25.1 Å².